The van der Waals surface area contributed by atoms with Crippen molar-refractivity contribution in [2.45, 2.75) is 11.5 Å². The molecule has 0 aromatic heterocycles. The minimum Gasteiger partial charge on any atom is -0.489 e. The van der Waals surface area contributed by atoms with Crippen LogP contribution in [0, 0.1) is 0 Å². The van der Waals surface area contributed by atoms with E-state index < -0.39 is 9.84 Å². The normalized spacial score (nSPS) is 11.1. The van der Waals surface area contributed by atoms with Crippen LogP contribution in [0.15, 0.2) is 53.4 Å². The molecule has 110 valence electrons. The van der Waals surface area contributed by atoms with Gasteiger partial charge >= 0.3 is 0 Å². The van der Waals surface area contributed by atoms with Crippen LogP contribution in [0.25, 0.3) is 0 Å². The number of nitrogens with two attached hydrogens (primary N) is 1. The summed E-state index contributed by atoms with van der Waals surface area (Å²) in [5, 5.41) is 0. The van der Waals surface area contributed by atoms with E-state index in [1.165, 1.54) is 18.4 Å². The maximum Gasteiger partial charge on any atom is 0.175 e. The molecular formula is C15H15NO3S2. The maximum atomic E-state index is 11.4. The Morgan fingerprint density at radius 2 is 1.76 bits per heavy atom. The van der Waals surface area contributed by atoms with Crippen LogP contribution in [0.5, 0.6) is 5.75 Å². The SMILES string of the molecule is CS(=O)(=O)c1ccc(OCc2ccccc2C(N)=S)cc1. The zero-order chi connectivity index (χ0) is 15.5. The molecule has 21 heavy (non-hydrogen) atoms. The van der Waals surface area contributed by atoms with Crippen molar-refractivity contribution in [3.63, 3.8) is 0 Å². The summed E-state index contributed by atoms with van der Waals surface area (Å²) in [6.07, 6.45) is 1.17. The first kappa shape index (κ1) is 15.5. The van der Waals surface area contributed by atoms with E-state index in [1.807, 2.05) is 24.3 Å². The van der Waals surface area contributed by atoms with Gasteiger partial charge in [0.2, 0.25) is 0 Å². The van der Waals surface area contributed by atoms with E-state index in [1.54, 1.807) is 12.1 Å². The van der Waals surface area contributed by atoms with E-state index in [0.29, 0.717) is 17.3 Å². The largest absolute Gasteiger partial charge is 0.489 e. The zero-order valence-corrected chi connectivity index (χ0v) is 13.1. The Bertz CT molecular complexity index is 753. The quantitative estimate of drug-likeness (QED) is 0.856. The third kappa shape index (κ3) is 4.03. The second-order valence-corrected chi connectivity index (χ2v) is 7.01. The minimum atomic E-state index is -3.19. The van der Waals surface area contributed by atoms with Gasteiger partial charge in [0.05, 0.1) is 4.90 Å². The average molecular weight is 321 g/mol. The predicted octanol–water partition coefficient (Wildman–Crippen LogP) is 2.30. The van der Waals surface area contributed by atoms with Crippen molar-refractivity contribution >= 4 is 27.0 Å². The van der Waals surface area contributed by atoms with E-state index >= 15 is 0 Å². The predicted molar refractivity (Wildman–Crippen MR) is 86.2 cm³/mol. The first-order valence-corrected chi connectivity index (χ1v) is 8.48. The molecule has 0 aliphatic heterocycles. The van der Waals surface area contributed by atoms with Crippen LogP contribution in [0.3, 0.4) is 0 Å². The number of rotatable bonds is 5. The van der Waals surface area contributed by atoms with Gasteiger partial charge in [0.15, 0.2) is 9.84 Å². The van der Waals surface area contributed by atoms with Gasteiger partial charge in [0.25, 0.3) is 0 Å². The minimum absolute atomic E-state index is 0.262. The summed E-state index contributed by atoms with van der Waals surface area (Å²) in [5.41, 5.74) is 7.32. The molecule has 4 nitrogen and oxygen atoms in total. The lowest BCUT2D eigenvalue weighted by atomic mass is 10.1. The standard InChI is InChI=1S/C15H15NO3S2/c1-21(17,18)13-8-6-12(7-9-13)19-10-11-4-2-3-5-14(11)15(16)20/h2-9H,10H2,1H3,(H2,16,20). The number of ether oxygens (including phenoxy) is 1. The molecule has 0 aliphatic carbocycles. The second-order valence-electron chi connectivity index (χ2n) is 4.55. The van der Waals surface area contributed by atoms with Crippen molar-refractivity contribution in [3.05, 3.63) is 59.7 Å². The molecule has 0 amide bonds. The van der Waals surface area contributed by atoms with Gasteiger partial charge < -0.3 is 10.5 Å². The first-order chi connectivity index (χ1) is 9.88. The van der Waals surface area contributed by atoms with Crippen LogP contribution < -0.4 is 10.5 Å². The molecule has 0 atom stereocenters. The maximum absolute atomic E-state index is 11.4. The summed E-state index contributed by atoms with van der Waals surface area (Å²) >= 11 is 4.99. The van der Waals surface area contributed by atoms with Gasteiger partial charge in [-0.1, -0.05) is 36.5 Å². The molecule has 2 aromatic carbocycles. The van der Waals surface area contributed by atoms with Crippen LogP contribution in [0.1, 0.15) is 11.1 Å². The van der Waals surface area contributed by atoms with Crippen LogP contribution in [0.2, 0.25) is 0 Å². The van der Waals surface area contributed by atoms with Gasteiger partial charge in [-0.25, -0.2) is 8.42 Å². The molecule has 2 N–H and O–H groups in total. The van der Waals surface area contributed by atoms with Gasteiger partial charge in [-0.15, -0.1) is 0 Å². The number of hydrogen-bond acceptors (Lipinski definition) is 4. The third-order valence-electron chi connectivity index (χ3n) is 2.93. The fraction of sp³-hybridized carbons (Fsp3) is 0.133. The van der Waals surface area contributed by atoms with Crippen LogP contribution in [-0.4, -0.2) is 19.7 Å². The van der Waals surface area contributed by atoms with E-state index in [-0.39, 0.29) is 4.90 Å². The Balaban J connectivity index is 2.12. The average Bonchev–Trinajstić information content (AvgIpc) is 2.45. The molecule has 0 heterocycles. The highest BCUT2D eigenvalue weighted by Crippen LogP contribution is 2.18. The lowest BCUT2D eigenvalue weighted by Gasteiger charge is -2.10. The van der Waals surface area contributed by atoms with Gasteiger partial charge in [-0.2, -0.15) is 0 Å². The monoisotopic (exact) mass is 321 g/mol. The van der Waals surface area contributed by atoms with Gasteiger partial charge in [-0.05, 0) is 29.8 Å². The summed E-state index contributed by atoms with van der Waals surface area (Å²) in [4.78, 5) is 0.583. The molecular weight excluding hydrogens is 306 g/mol. The summed E-state index contributed by atoms with van der Waals surface area (Å²) in [7, 11) is -3.19. The highest BCUT2D eigenvalue weighted by atomic mass is 32.2. The van der Waals surface area contributed by atoms with E-state index in [9.17, 15) is 8.42 Å². The van der Waals surface area contributed by atoms with Crippen molar-refractivity contribution in [2.75, 3.05) is 6.26 Å². The summed E-state index contributed by atoms with van der Waals surface area (Å²) in [5.74, 6) is 0.583. The van der Waals surface area contributed by atoms with Crippen LogP contribution in [0.4, 0.5) is 0 Å². The lowest BCUT2D eigenvalue weighted by Crippen LogP contribution is -2.13. The molecule has 0 spiro atoms. The van der Waals surface area contributed by atoms with Crippen LogP contribution in [-0.2, 0) is 16.4 Å². The summed E-state index contributed by atoms with van der Waals surface area (Å²) in [6.45, 7) is 0.311. The third-order valence-corrected chi connectivity index (χ3v) is 4.28. The second kappa shape index (κ2) is 6.24. The molecule has 0 aliphatic rings. The van der Waals surface area contributed by atoms with Crippen molar-refractivity contribution in [1.29, 1.82) is 0 Å². The number of thiocarbonyl (C=S) groups is 1. The van der Waals surface area contributed by atoms with Crippen molar-refractivity contribution in [2.24, 2.45) is 5.73 Å². The first-order valence-electron chi connectivity index (χ1n) is 6.18. The van der Waals surface area contributed by atoms with E-state index in [4.69, 9.17) is 22.7 Å². The zero-order valence-electron chi connectivity index (χ0n) is 11.4. The van der Waals surface area contributed by atoms with E-state index in [0.717, 1.165) is 11.1 Å². The molecule has 0 bridgehead atoms. The summed E-state index contributed by atoms with van der Waals surface area (Å²) < 4.78 is 28.4. The molecule has 0 saturated heterocycles. The van der Waals surface area contributed by atoms with E-state index in [2.05, 4.69) is 0 Å². The fourth-order valence-electron chi connectivity index (χ4n) is 1.83. The number of hydrogen-bond donors (Lipinski definition) is 1. The number of sulfone groups is 1. The fourth-order valence-corrected chi connectivity index (χ4v) is 2.66. The Morgan fingerprint density at radius 1 is 1.14 bits per heavy atom. The molecule has 0 saturated carbocycles. The highest BCUT2D eigenvalue weighted by molar-refractivity contribution is 7.90. The molecule has 2 aromatic rings. The molecule has 0 fully saturated rings. The molecule has 0 unspecified atom stereocenters. The Morgan fingerprint density at radius 3 is 2.33 bits per heavy atom. The number of benzene rings is 2. The lowest BCUT2D eigenvalue weighted by molar-refractivity contribution is 0.306. The van der Waals surface area contributed by atoms with Gasteiger partial charge in [0.1, 0.15) is 17.3 Å². The Kier molecular flexibility index (Phi) is 4.59. The summed E-state index contributed by atoms with van der Waals surface area (Å²) in [6, 6.07) is 13.8. The van der Waals surface area contributed by atoms with Crippen molar-refractivity contribution < 1.29 is 13.2 Å². The molecule has 2 rings (SSSR count). The van der Waals surface area contributed by atoms with Gasteiger partial charge in [0, 0.05) is 11.8 Å². The Labute approximate surface area is 129 Å². The highest BCUT2D eigenvalue weighted by Gasteiger charge is 2.08. The smallest absolute Gasteiger partial charge is 0.175 e. The van der Waals surface area contributed by atoms with Crippen LogP contribution >= 0.6 is 12.2 Å². The van der Waals surface area contributed by atoms with Gasteiger partial charge in [-0.3, -0.25) is 0 Å². The molecule has 0 radical (unpaired) electrons. The topological polar surface area (TPSA) is 69.4 Å². The molecule has 6 heteroatoms. The van der Waals surface area contributed by atoms with Crippen molar-refractivity contribution in [1.82, 2.24) is 0 Å². The Hall–Kier alpha value is -1.92. The van der Waals surface area contributed by atoms with Crippen molar-refractivity contribution in [3.8, 4) is 5.75 Å².